The lowest BCUT2D eigenvalue weighted by atomic mass is 9.98. The summed E-state index contributed by atoms with van der Waals surface area (Å²) in [7, 11) is 0. The number of aliphatic hydroxyl groups is 1. The monoisotopic (exact) mass is 329 g/mol. The molecular weight excluding hydrogens is 294 g/mol. The average Bonchev–Trinajstić information content (AvgIpc) is 3.08. The minimum Gasteiger partial charge on any atom is -0.388 e. The fraction of sp³-hybridized carbons (Fsp3) is 0.941. The molecule has 1 atom stereocenters. The van der Waals surface area contributed by atoms with Crippen molar-refractivity contribution in [3.05, 3.63) is 0 Å². The van der Waals surface area contributed by atoms with Gasteiger partial charge in [-0.15, -0.1) is 0 Å². The van der Waals surface area contributed by atoms with Crippen molar-refractivity contribution in [3.63, 3.8) is 0 Å². The van der Waals surface area contributed by atoms with Crippen molar-refractivity contribution in [1.29, 1.82) is 0 Å². The van der Waals surface area contributed by atoms with Crippen molar-refractivity contribution < 1.29 is 14.6 Å². The van der Waals surface area contributed by atoms with Gasteiger partial charge in [0.15, 0.2) is 5.96 Å². The van der Waals surface area contributed by atoms with Crippen molar-refractivity contribution in [2.45, 2.75) is 64.6 Å². The molecule has 0 aromatic carbocycles. The Morgan fingerprint density at radius 2 is 2.09 bits per heavy atom. The van der Waals surface area contributed by atoms with Gasteiger partial charge in [0.2, 0.25) is 0 Å². The molecule has 0 spiro atoms. The molecule has 6 heteroatoms. The molecule has 0 aromatic rings. The van der Waals surface area contributed by atoms with Crippen molar-refractivity contribution >= 4 is 5.96 Å². The van der Waals surface area contributed by atoms with E-state index in [4.69, 9.17) is 9.47 Å². The Bertz CT molecular complexity index is 327. The first kappa shape index (κ1) is 20.2. The van der Waals surface area contributed by atoms with Crippen LogP contribution in [0, 0.1) is 0 Å². The number of nitrogens with zero attached hydrogens (tertiary/aromatic N) is 1. The highest BCUT2D eigenvalue weighted by atomic mass is 16.5. The molecular formula is C17H35N3O3. The van der Waals surface area contributed by atoms with E-state index in [-0.39, 0.29) is 0 Å². The molecule has 0 bridgehead atoms. The SMILES string of the molecule is CCNC(=NCC(O)(CC)CC)NCCCOCC1CCCO1. The van der Waals surface area contributed by atoms with E-state index >= 15 is 0 Å². The minimum absolute atomic E-state index is 0.294. The van der Waals surface area contributed by atoms with Gasteiger partial charge in [0.1, 0.15) is 0 Å². The molecule has 1 rings (SSSR count). The molecule has 1 saturated heterocycles. The van der Waals surface area contributed by atoms with E-state index in [1.54, 1.807) is 0 Å². The van der Waals surface area contributed by atoms with Crippen molar-refractivity contribution in [2.75, 3.05) is 39.5 Å². The summed E-state index contributed by atoms with van der Waals surface area (Å²) in [6, 6.07) is 0. The molecule has 1 aliphatic rings. The van der Waals surface area contributed by atoms with E-state index in [0.29, 0.717) is 32.1 Å². The summed E-state index contributed by atoms with van der Waals surface area (Å²) < 4.78 is 11.2. The highest BCUT2D eigenvalue weighted by Gasteiger charge is 2.21. The third-order valence-electron chi connectivity index (χ3n) is 4.28. The number of aliphatic imine (C=N–C) groups is 1. The molecule has 1 unspecified atom stereocenters. The maximum atomic E-state index is 10.3. The number of nitrogens with one attached hydrogen (secondary N) is 2. The zero-order valence-corrected chi connectivity index (χ0v) is 15.1. The van der Waals surface area contributed by atoms with Crippen LogP contribution in [0.4, 0.5) is 0 Å². The van der Waals surface area contributed by atoms with Crippen LogP contribution in [0.5, 0.6) is 0 Å². The second-order valence-corrected chi connectivity index (χ2v) is 6.12. The fourth-order valence-corrected chi connectivity index (χ4v) is 2.41. The normalized spacial score (nSPS) is 19.1. The molecule has 136 valence electrons. The zero-order chi connectivity index (χ0) is 17.0. The van der Waals surface area contributed by atoms with Gasteiger partial charge < -0.3 is 25.2 Å². The van der Waals surface area contributed by atoms with Gasteiger partial charge >= 0.3 is 0 Å². The Morgan fingerprint density at radius 3 is 2.70 bits per heavy atom. The van der Waals surface area contributed by atoms with E-state index in [1.807, 2.05) is 20.8 Å². The molecule has 0 aromatic heterocycles. The first-order valence-corrected chi connectivity index (χ1v) is 9.07. The van der Waals surface area contributed by atoms with Crippen molar-refractivity contribution in [2.24, 2.45) is 4.99 Å². The molecule has 0 aliphatic carbocycles. The Hall–Kier alpha value is -0.850. The summed E-state index contributed by atoms with van der Waals surface area (Å²) in [5, 5.41) is 16.8. The maximum absolute atomic E-state index is 10.3. The first-order valence-electron chi connectivity index (χ1n) is 9.07. The maximum Gasteiger partial charge on any atom is 0.191 e. The van der Waals surface area contributed by atoms with Gasteiger partial charge in [-0.25, -0.2) is 0 Å². The predicted octanol–water partition coefficient (Wildman–Crippen LogP) is 1.68. The molecule has 23 heavy (non-hydrogen) atoms. The second kappa shape index (κ2) is 11.6. The van der Waals surface area contributed by atoms with Gasteiger partial charge in [0, 0.05) is 26.3 Å². The zero-order valence-electron chi connectivity index (χ0n) is 15.1. The highest BCUT2D eigenvalue weighted by molar-refractivity contribution is 5.79. The summed E-state index contributed by atoms with van der Waals surface area (Å²) in [5.41, 5.74) is -0.702. The molecule has 1 aliphatic heterocycles. The summed E-state index contributed by atoms with van der Waals surface area (Å²) >= 11 is 0. The van der Waals surface area contributed by atoms with Gasteiger partial charge in [-0.2, -0.15) is 0 Å². The quantitative estimate of drug-likeness (QED) is 0.305. The van der Waals surface area contributed by atoms with Gasteiger partial charge in [-0.1, -0.05) is 13.8 Å². The summed E-state index contributed by atoms with van der Waals surface area (Å²) in [4.78, 5) is 4.49. The van der Waals surface area contributed by atoms with E-state index in [1.165, 1.54) is 0 Å². The largest absolute Gasteiger partial charge is 0.388 e. The number of guanidine groups is 1. The van der Waals surface area contributed by atoms with Crippen molar-refractivity contribution in [3.8, 4) is 0 Å². The lowest BCUT2D eigenvalue weighted by Crippen LogP contribution is -2.40. The van der Waals surface area contributed by atoms with Crippen LogP contribution in [-0.4, -0.2) is 62.2 Å². The molecule has 0 radical (unpaired) electrons. The van der Waals surface area contributed by atoms with Gasteiger partial charge in [-0.05, 0) is 39.0 Å². The number of ether oxygens (including phenoxy) is 2. The van der Waals surface area contributed by atoms with E-state index in [2.05, 4.69) is 15.6 Å². The third kappa shape index (κ3) is 8.53. The van der Waals surface area contributed by atoms with Crippen LogP contribution in [0.25, 0.3) is 0 Å². The van der Waals surface area contributed by atoms with Crippen LogP contribution >= 0.6 is 0 Å². The van der Waals surface area contributed by atoms with Gasteiger partial charge in [0.25, 0.3) is 0 Å². The van der Waals surface area contributed by atoms with E-state index in [0.717, 1.165) is 51.5 Å². The van der Waals surface area contributed by atoms with Crippen LogP contribution in [0.15, 0.2) is 4.99 Å². The topological polar surface area (TPSA) is 75.1 Å². The van der Waals surface area contributed by atoms with Gasteiger partial charge in [0.05, 0.1) is 24.9 Å². The third-order valence-corrected chi connectivity index (χ3v) is 4.28. The number of hydrogen-bond acceptors (Lipinski definition) is 4. The lowest BCUT2D eigenvalue weighted by Gasteiger charge is -2.23. The summed E-state index contributed by atoms with van der Waals surface area (Å²) in [6.07, 6.45) is 4.91. The first-order chi connectivity index (χ1) is 11.1. The summed E-state index contributed by atoms with van der Waals surface area (Å²) in [5.74, 6) is 0.756. The Balaban J connectivity index is 2.18. The van der Waals surface area contributed by atoms with Crippen LogP contribution < -0.4 is 10.6 Å². The molecule has 1 heterocycles. The van der Waals surface area contributed by atoms with Crippen LogP contribution in [0.1, 0.15) is 52.9 Å². The predicted molar refractivity (Wildman–Crippen MR) is 93.9 cm³/mol. The second-order valence-electron chi connectivity index (χ2n) is 6.12. The van der Waals surface area contributed by atoms with E-state index in [9.17, 15) is 5.11 Å². The lowest BCUT2D eigenvalue weighted by molar-refractivity contribution is 0.0168. The van der Waals surface area contributed by atoms with Gasteiger partial charge in [-0.3, -0.25) is 4.99 Å². The highest BCUT2D eigenvalue weighted by Crippen LogP contribution is 2.14. The molecule has 6 nitrogen and oxygen atoms in total. The fourth-order valence-electron chi connectivity index (χ4n) is 2.41. The number of hydrogen-bond donors (Lipinski definition) is 3. The van der Waals surface area contributed by atoms with Crippen LogP contribution in [0.3, 0.4) is 0 Å². The smallest absolute Gasteiger partial charge is 0.191 e. The Kier molecular flexibility index (Phi) is 10.2. The standard InChI is InChI=1S/C17H35N3O3/c1-4-17(21,5-2)14-20-16(18-6-3)19-10-8-11-22-13-15-9-7-12-23-15/h15,21H,4-14H2,1-3H3,(H2,18,19,20). The van der Waals surface area contributed by atoms with E-state index < -0.39 is 5.60 Å². The summed E-state index contributed by atoms with van der Waals surface area (Å²) in [6.45, 7) is 10.3. The number of rotatable bonds is 11. The minimum atomic E-state index is -0.702. The molecule has 1 fully saturated rings. The van der Waals surface area contributed by atoms with Crippen LogP contribution in [0.2, 0.25) is 0 Å². The molecule has 3 N–H and O–H groups in total. The van der Waals surface area contributed by atoms with Crippen LogP contribution in [-0.2, 0) is 9.47 Å². The average molecular weight is 329 g/mol. The Labute approximate surface area is 141 Å². The molecule has 0 saturated carbocycles. The molecule has 0 amide bonds. The Morgan fingerprint density at radius 1 is 1.30 bits per heavy atom. The van der Waals surface area contributed by atoms with Crippen molar-refractivity contribution in [1.82, 2.24) is 10.6 Å².